The van der Waals surface area contributed by atoms with E-state index in [-0.39, 0.29) is 0 Å². The topological polar surface area (TPSA) is 33.1 Å². The van der Waals surface area contributed by atoms with Gasteiger partial charge in [0.25, 0.3) is 0 Å². The smallest absolute Gasteiger partial charge is 0.128 e. The average Bonchev–Trinajstić information content (AvgIpc) is 2.93. The van der Waals surface area contributed by atoms with Gasteiger partial charge < -0.3 is 14.8 Å². The van der Waals surface area contributed by atoms with Crippen molar-refractivity contribution in [1.82, 2.24) is 14.9 Å². The molecule has 0 amide bonds. The van der Waals surface area contributed by atoms with E-state index in [4.69, 9.17) is 0 Å². The Morgan fingerprint density at radius 1 is 1.30 bits per heavy atom. The Morgan fingerprint density at radius 3 is 3.00 bits per heavy atom. The molecule has 1 aromatic carbocycles. The minimum absolute atomic E-state index is 0.902. The minimum Gasteiger partial charge on any atom is -0.362 e. The highest BCUT2D eigenvalue weighted by Crippen LogP contribution is 2.23. The molecule has 3 rings (SSSR count). The van der Waals surface area contributed by atoms with E-state index in [1.54, 1.807) is 0 Å². The zero-order chi connectivity index (χ0) is 13.9. The largest absolute Gasteiger partial charge is 0.362 e. The van der Waals surface area contributed by atoms with Crippen molar-refractivity contribution in [3.8, 4) is 0 Å². The Hall–Kier alpha value is -1.81. The maximum atomic E-state index is 4.42. The van der Waals surface area contributed by atoms with Crippen molar-refractivity contribution in [3.63, 3.8) is 0 Å². The fraction of sp³-hybridized carbons (Fsp3) is 0.438. The molecule has 1 N–H and O–H groups in total. The van der Waals surface area contributed by atoms with E-state index in [0.717, 1.165) is 38.5 Å². The fourth-order valence-electron chi connectivity index (χ4n) is 2.73. The van der Waals surface area contributed by atoms with Crippen LogP contribution in [0.3, 0.4) is 0 Å². The first-order chi connectivity index (χ1) is 9.78. The molecule has 0 saturated heterocycles. The van der Waals surface area contributed by atoms with Crippen LogP contribution < -0.4 is 10.2 Å². The van der Waals surface area contributed by atoms with Gasteiger partial charge in [0.15, 0.2) is 0 Å². The van der Waals surface area contributed by atoms with Gasteiger partial charge in [0, 0.05) is 37.7 Å². The van der Waals surface area contributed by atoms with Gasteiger partial charge in [-0.1, -0.05) is 13.0 Å². The molecule has 4 nitrogen and oxygen atoms in total. The maximum absolute atomic E-state index is 4.42. The Labute approximate surface area is 120 Å². The first-order valence-corrected chi connectivity index (χ1v) is 7.33. The number of aryl methyl sites for hydroxylation is 1. The van der Waals surface area contributed by atoms with Crippen LogP contribution in [0.4, 0.5) is 5.69 Å². The lowest BCUT2D eigenvalue weighted by Gasteiger charge is -2.30. The number of nitrogens with one attached hydrogen (secondary N) is 1. The number of rotatable bonds is 4. The van der Waals surface area contributed by atoms with Crippen molar-refractivity contribution in [2.75, 3.05) is 18.0 Å². The van der Waals surface area contributed by atoms with Crippen molar-refractivity contribution < 1.29 is 0 Å². The summed E-state index contributed by atoms with van der Waals surface area (Å²) < 4.78 is 2.24. The molecular weight excluding hydrogens is 248 g/mol. The van der Waals surface area contributed by atoms with Crippen molar-refractivity contribution in [3.05, 3.63) is 47.5 Å². The highest BCUT2D eigenvalue weighted by molar-refractivity contribution is 5.51. The van der Waals surface area contributed by atoms with Crippen molar-refractivity contribution in [2.24, 2.45) is 0 Å². The summed E-state index contributed by atoms with van der Waals surface area (Å²) in [5.74, 6) is 1.16. The SMILES string of the molecule is CCNCc1ccc(N2CCn3ccnc3C2)cc1C. The second kappa shape index (κ2) is 5.67. The molecule has 0 atom stereocenters. The van der Waals surface area contributed by atoms with Gasteiger partial charge in [-0.3, -0.25) is 0 Å². The summed E-state index contributed by atoms with van der Waals surface area (Å²) in [7, 11) is 0. The molecule has 20 heavy (non-hydrogen) atoms. The van der Waals surface area contributed by atoms with E-state index >= 15 is 0 Å². The van der Waals surface area contributed by atoms with Gasteiger partial charge in [-0.05, 0) is 36.7 Å². The molecule has 0 radical (unpaired) electrons. The molecule has 1 aromatic heterocycles. The fourth-order valence-corrected chi connectivity index (χ4v) is 2.73. The van der Waals surface area contributed by atoms with E-state index in [1.165, 1.54) is 16.8 Å². The molecule has 1 aliphatic heterocycles. The molecule has 106 valence electrons. The van der Waals surface area contributed by atoms with E-state index in [0.29, 0.717) is 0 Å². The standard InChI is InChI=1S/C16H22N4/c1-3-17-11-14-4-5-15(10-13(14)2)20-9-8-19-7-6-18-16(19)12-20/h4-7,10,17H,3,8-9,11-12H2,1-2H3. The molecule has 2 heterocycles. The zero-order valence-corrected chi connectivity index (χ0v) is 12.3. The highest BCUT2D eigenvalue weighted by atomic mass is 15.2. The Bertz CT molecular complexity index is 588. The average molecular weight is 270 g/mol. The molecule has 0 unspecified atom stereocenters. The molecule has 0 bridgehead atoms. The van der Waals surface area contributed by atoms with Crippen LogP contribution in [0.2, 0.25) is 0 Å². The summed E-state index contributed by atoms with van der Waals surface area (Å²) in [6, 6.07) is 6.78. The number of aromatic nitrogens is 2. The van der Waals surface area contributed by atoms with Crippen molar-refractivity contribution in [1.29, 1.82) is 0 Å². The summed E-state index contributed by atoms with van der Waals surface area (Å²) >= 11 is 0. The Balaban J connectivity index is 1.76. The number of hydrogen-bond acceptors (Lipinski definition) is 3. The van der Waals surface area contributed by atoms with Gasteiger partial charge in [-0.25, -0.2) is 4.98 Å². The third-order valence-corrected chi connectivity index (χ3v) is 4.00. The first kappa shape index (κ1) is 13.2. The normalized spacial score (nSPS) is 14.4. The number of benzene rings is 1. The van der Waals surface area contributed by atoms with Crippen LogP contribution in [0.5, 0.6) is 0 Å². The van der Waals surface area contributed by atoms with Crippen LogP contribution in [0.1, 0.15) is 23.9 Å². The van der Waals surface area contributed by atoms with E-state index < -0.39 is 0 Å². The van der Waals surface area contributed by atoms with Crippen LogP contribution in [-0.4, -0.2) is 22.6 Å². The molecule has 4 heteroatoms. The van der Waals surface area contributed by atoms with Gasteiger partial charge in [0.1, 0.15) is 5.82 Å². The number of anilines is 1. The summed E-state index contributed by atoms with van der Waals surface area (Å²) in [5, 5.41) is 3.39. The van der Waals surface area contributed by atoms with Crippen LogP contribution >= 0.6 is 0 Å². The number of imidazole rings is 1. The van der Waals surface area contributed by atoms with Crippen LogP contribution in [0.15, 0.2) is 30.6 Å². The zero-order valence-electron chi connectivity index (χ0n) is 12.3. The number of hydrogen-bond donors (Lipinski definition) is 1. The van der Waals surface area contributed by atoms with Gasteiger partial charge >= 0.3 is 0 Å². The van der Waals surface area contributed by atoms with E-state index in [9.17, 15) is 0 Å². The lowest BCUT2D eigenvalue weighted by Crippen LogP contribution is -2.33. The lowest BCUT2D eigenvalue weighted by atomic mass is 10.1. The van der Waals surface area contributed by atoms with Crippen LogP contribution in [-0.2, 0) is 19.6 Å². The summed E-state index contributed by atoms with van der Waals surface area (Å²) in [4.78, 5) is 6.83. The summed E-state index contributed by atoms with van der Waals surface area (Å²) in [5.41, 5.74) is 4.04. The van der Waals surface area contributed by atoms with Gasteiger partial charge in [-0.15, -0.1) is 0 Å². The van der Waals surface area contributed by atoms with Gasteiger partial charge in [-0.2, -0.15) is 0 Å². The summed E-state index contributed by atoms with van der Waals surface area (Å²) in [6.07, 6.45) is 3.96. The first-order valence-electron chi connectivity index (χ1n) is 7.33. The second-order valence-corrected chi connectivity index (χ2v) is 5.35. The second-order valence-electron chi connectivity index (χ2n) is 5.35. The minimum atomic E-state index is 0.902. The Morgan fingerprint density at radius 2 is 2.20 bits per heavy atom. The molecule has 0 saturated carbocycles. The molecule has 0 aliphatic carbocycles. The quantitative estimate of drug-likeness (QED) is 0.925. The molecule has 0 spiro atoms. The lowest BCUT2D eigenvalue weighted by molar-refractivity contribution is 0.560. The highest BCUT2D eigenvalue weighted by Gasteiger charge is 2.17. The third kappa shape index (κ3) is 2.56. The van der Waals surface area contributed by atoms with Gasteiger partial charge in [0.2, 0.25) is 0 Å². The van der Waals surface area contributed by atoms with Gasteiger partial charge in [0.05, 0.1) is 6.54 Å². The molecule has 1 aliphatic rings. The summed E-state index contributed by atoms with van der Waals surface area (Å²) in [6.45, 7) is 9.27. The van der Waals surface area contributed by atoms with Crippen LogP contribution in [0.25, 0.3) is 0 Å². The molecule has 0 fully saturated rings. The maximum Gasteiger partial charge on any atom is 0.128 e. The van der Waals surface area contributed by atoms with Crippen LogP contribution in [0, 0.1) is 6.92 Å². The third-order valence-electron chi connectivity index (χ3n) is 4.00. The predicted molar refractivity (Wildman–Crippen MR) is 81.8 cm³/mol. The molecular formula is C16H22N4. The monoisotopic (exact) mass is 270 g/mol. The number of fused-ring (bicyclic) bond motifs is 1. The van der Waals surface area contributed by atoms with Crippen molar-refractivity contribution in [2.45, 2.75) is 33.5 Å². The van der Waals surface area contributed by atoms with E-state index in [2.05, 4.69) is 58.0 Å². The predicted octanol–water partition coefficient (Wildman–Crippen LogP) is 2.32. The Kier molecular flexibility index (Phi) is 3.74. The van der Waals surface area contributed by atoms with E-state index in [1.807, 2.05) is 6.20 Å². The molecule has 2 aromatic rings. The van der Waals surface area contributed by atoms with Crippen molar-refractivity contribution >= 4 is 5.69 Å². The number of nitrogens with zero attached hydrogens (tertiary/aromatic N) is 3.